The largest absolute Gasteiger partial charge is 0.465 e. The first-order valence-electron chi connectivity index (χ1n) is 2.89. The van der Waals surface area contributed by atoms with Crippen molar-refractivity contribution in [2.75, 3.05) is 7.11 Å². The van der Waals surface area contributed by atoms with E-state index in [-0.39, 0.29) is 0 Å². The second kappa shape index (κ2) is 3.39. The van der Waals surface area contributed by atoms with E-state index < -0.39 is 5.97 Å². The average molecular weight is 168 g/mol. The van der Waals surface area contributed by atoms with Crippen molar-refractivity contribution < 1.29 is 9.53 Å². The van der Waals surface area contributed by atoms with Gasteiger partial charge in [-0.15, -0.1) is 12.6 Å². The Bertz CT molecular complexity index is 275. The number of ether oxygens (including phenoxy) is 1. The quantitative estimate of drug-likeness (QED) is 0.501. The van der Waals surface area contributed by atoms with E-state index >= 15 is 0 Å². The predicted octanol–water partition coefficient (Wildman–Crippen LogP) is 0.957. The third-order valence-electron chi connectivity index (χ3n) is 1.10. The number of carbonyl (C=O) groups excluding carboxylic acids is 1. The van der Waals surface area contributed by atoms with Gasteiger partial charge in [-0.2, -0.15) is 0 Å². The Kier molecular flexibility index (Phi) is 2.48. The molecule has 4 heteroatoms. The third kappa shape index (κ3) is 1.94. The summed E-state index contributed by atoms with van der Waals surface area (Å²) < 4.78 is 4.47. The fourth-order valence-electron chi connectivity index (χ4n) is 0.617. The molecule has 0 saturated carbocycles. The molecule has 0 spiro atoms. The Morgan fingerprint density at radius 1 is 1.82 bits per heavy atom. The molecule has 0 aromatic carbocycles. The Labute approximate surface area is 69.8 Å². The lowest BCUT2D eigenvalue weighted by molar-refractivity contribution is 0.0600. The van der Waals surface area contributed by atoms with Gasteiger partial charge in [-0.25, -0.2) is 9.78 Å². The van der Waals surface area contributed by atoms with Crippen molar-refractivity contribution >= 4 is 18.6 Å². The summed E-state index contributed by atoms with van der Waals surface area (Å²) in [6.07, 6.45) is 2.52. The van der Waals surface area contributed by atoms with Crippen LogP contribution < -0.4 is 0 Å². The van der Waals surface area contributed by atoms with Gasteiger partial charge in [0.15, 0.2) is 0 Å². The summed E-state index contributed by atoms with van der Waals surface area (Å²) in [6.45, 7) is 0. The van der Waals surface area contributed by atoms with Crippen LogP contribution in [0.3, 0.4) is 0 Å². The Hall–Kier alpha value is -1.03. The molecule has 1 rings (SSSR count). The van der Waals surface area contributed by atoms with Crippen LogP contribution in [0.4, 0.5) is 0 Å². The molecule has 3 nitrogen and oxygen atoms in total. The minimum absolute atomic E-state index is 0.404. The maximum absolute atomic E-state index is 10.9. The zero-order valence-corrected chi connectivity index (χ0v) is 6.76. The molecule has 0 aliphatic carbocycles. The van der Waals surface area contributed by atoms with Gasteiger partial charge < -0.3 is 4.74 Å². The molecule has 0 unspecified atom stereocenters. The Morgan fingerprint density at radius 3 is 3.09 bits per heavy atom. The molecule has 57 valence electrons. The van der Waals surface area contributed by atoms with Gasteiger partial charge in [0.25, 0.3) is 0 Å². The van der Waals surface area contributed by atoms with Crippen LogP contribution in [0.2, 0.25) is 0 Å². The van der Waals surface area contributed by atoms with Gasteiger partial charge in [0, 0.05) is 0 Å². The van der Waals surface area contributed by atoms with E-state index in [1.165, 1.54) is 19.2 Å². The van der Waals surface area contributed by atoms with E-state index in [0.717, 1.165) is 0 Å². The molecule has 0 aliphatic heterocycles. The number of hydrogen-bond donors (Lipinski definition) is 1. The Balaban J connectivity index is 2.96. The van der Waals surface area contributed by atoms with Crippen molar-refractivity contribution in [3.63, 3.8) is 0 Å². The van der Waals surface area contributed by atoms with Crippen LogP contribution in [-0.4, -0.2) is 18.1 Å². The van der Waals surface area contributed by atoms with Gasteiger partial charge in [-0.1, -0.05) is 0 Å². The van der Waals surface area contributed by atoms with E-state index in [2.05, 4.69) is 28.5 Å². The number of rotatable bonds is 1. The van der Waals surface area contributed by atoms with Crippen molar-refractivity contribution in [1.82, 2.24) is 4.98 Å². The highest BCUT2D eigenvalue weighted by Gasteiger charge is 2.04. The number of pyridine rings is 1. The summed E-state index contributed by atoms with van der Waals surface area (Å²) in [5, 5.41) is 0.452. The van der Waals surface area contributed by atoms with Crippen molar-refractivity contribution in [2.45, 2.75) is 5.03 Å². The number of nitrogens with zero attached hydrogens (tertiary/aromatic N) is 1. The highest BCUT2D eigenvalue weighted by atomic mass is 32.1. The van der Waals surface area contributed by atoms with E-state index in [9.17, 15) is 4.79 Å². The molecule has 0 saturated heterocycles. The normalized spacial score (nSPS) is 9.27. The Morgan fingerprint density at radius 2 is 2.55 bits per heavy atom. The molecule has 11 heavy (non-hydrogen) atoms. The first kappa shape index (κ1) is 8.07. The maximum Gasteiger partial charge on any atom is 0.338 e. The highest BCUT2D eigenvalue weighted by molar-refractivity contribution is 7.80. The maximum atomic E-state index is 10.9. The van der Waals surface area contributed by atoms with E-state index in [1.54, 1.807) is 0 Å². The number of hydrogen-bond acceptors (Lipinski definition) is 4. The second-order valence-corrected chi connectivity index (χ2v) is 2.29. The molecule has 1 heterocycles. The standard InChI is InChI=1S/C7H6NO2S/c1-10-7(9)5-2-3-8-6(11)4-5/h2,4H,1H3,(H,8,11). The van der Waals surface area contributed by atoms with E-state index in [0.29, 0.717) is 10.6 Å². The summed E-state index contributed by atoms with van der Waals surface area (Å²) in [7, 11) is 1.32. The lowest BCUT2D eigenvalue weighted by Crippen LogP contribution is -2.01. The van der Waals surface area contributed by atoms with Crippen molar-refractivity contribution in [3.05, 3.63) is 23.9 Å². The van der Waals surface area contributed by atoms with Crippen LogP contribution in [0.15, 0.2) is 17.2 Å². The summed E-state index contributed by atoms with van der Waals surface area (Å²) in [5.74, 6) is -0.404. The number of carbonyl (C=O) groups is 1. The van der Waals surface area contributed by atoms with Gasteiger partial charge in [0.1, 0.15) is 0 Å². The molecule has 0 aliphatic rings. The van der Waals surface area contributed by atoms with Crippen LogP contribution in [0, 0.1) is 6.20 Å². The molecule has 1 aromatic heterocycles. The molecule has 0 fully saturated rings. The molecule has 0 amide bonds. The molecule has 1 radical (unpaired) electrons. The number of thiol groups is 1. The first-order valence-corrected chi connectivity index (χ1v) is 3.34. The van der Waals surface area contributed by atoms with Crippen LogP contribution in [0.25, 0.3) is 0 Å². The van der Waals surface area contributed by atoms with Crippen molar-refractivity contribution in [2.24, 2.45) is 0 Å². The number of methoxy groups -OCH3 is 1. The fourth-order valence-corrected chi connectivity index (χ4v) is 0.814. The van der Waals surface area contributed by atoms with Gasteiger partial charge >= 0.3 is 5.97 Å². The summed E-state index contributed by atoms with van der Waals surface area (Å²) >= 11 is 3.94. The minimum atomic E-state index is -0.404. The molecule has 1 aromatic rings. The highest BCUT2D eigenvalue weighted by Crippen LogP contribution is 2.05. The zero-order chi connectivity index (χ0) is 8.27. The van der Waals surface area contributed by atoms with Gasteiger partial charge in [-0.05, 0) is 12.1 Å². The molecule has 0 N–H and O–H groups in total. The summed E-state index contributed by atoms with van der Waals surface area (Å²) in [4.78, 5) is 14.5. The summed E-state index contributed by atoms with van der Waals surface area (Å²) in [6, 6.07) is 2.97. The summed E-state index contributed by atoms with van der Waals surface area (Å²) in [5.41, 5.74) is 0.410. The number of esters is 1. The van der Waals surface area contributed by atoms with Gasteiger partial charge in [0.05, 0.1) is 23.9 Å². The zero-order valence-electron chi connectivity index (χ0n) is 5.87. The molecular formula is C7H6NO2S. The minimum Gasteiger partial charge on any atom is -0.465 e. The molecule has 0 atom stereocenters. The lowest BCUT2D eigenvalue weighted by atomic mass is 10.3. The predicted molar refractivity (Wildman–Crippen MR) is 41.7 cm³/mol. The van der Waals surface area contributed by atoms with Crippen molar-refractivity contribution in [3.8, 4) is 0 Å². The van der Waals surface area contributed by atoms with Crippen LogP contribution in [-0.2, 0) is 4.74 Å². The monoisotopic (exact) mass is 168 g/mol. The van der Waals surface area contributed by atoms with Crippen LogP contribution >= 0.6 is 12.6 Å². The topological polar surface area (TPSA) is 39.2 Å². The molecular weight excluding hydrogens is 162 g/mol. The second-order valence-electron chi connectivity index (χ2n) is 1.83. The SMILES string of the molecule is COC(=O)c1c[c]nc(S)c1. The van der Waals surface area contributed by atoms with Crippen LogP contribution in [0.1, 0.15) is 10.4 Å². The van der Waals surface area contributed by atoms with E-state index in [4.69, 9.17) is 0 Å². The first-order chi connectivity index (χ1) is 5.24. The smallest absolute Gasteiger partial charge is 0.338 e. The molecule has 0 bridgehead atoms. The average Bonchev–Trinajstić information content (AvgIpc) is 2.03. The number of aromatic nitrogens is 1. The van der Waals surface area contributed by atoms with Gasteiger partial charge in [-0.3, -0.25) is 0 Å². The third-order valence-corrected chi connectivity index (χ3v) is 1.33. The lowest BCUT2D eigenvalue weighted by Gasteiger charge is -1.97. The fraction of sp³-hybridized carbons (Fsp3) is 0.143. The van der Waals surface area contributed by atoms with Gasteiger partial charge in [0.2, 0.25) is 0 Å². The van der Waals surface area contributed by atoms with Crippen LogP contribution in [0.5, 0.6) is 0 Å². The van der Waals surface area contributed by atoms with Crippen molar-refractivity contribution in [1.29, 1.82) is 0 Å². The van der Waals surface area contributed by atoms with E-state index in [1.807, 2.05) is 0 Å².